The third-order valence-electron chi connectivity index (χ3n) is 7.02. The molecule has 4 nitrogen and oxygen atoms in total. The fourth-order valence-electron chi connectivity index (χ4n) is 4.72. The van der Waals surface area contributed by atoms with Gasteiger partial charge in [0.1, 0.15) is 0 Å². The van der Waals surface area contributed by atoms with E-state index in [0.717, 1.165) is 25.0 Å². The Morgan fingerprint density at radius 2 is 1.31 bits per heavy atom. The molecular formula is C29H45F2NO3. The Labute approximate surface area is 210 Å². The highest BCUT2D eigenvalue weighted by atomic mass is 19.2. The molecule has 1 aromatic rings. The Kier molecular flexibility index (Phi) is 14.6. The number of benzene rings is 1. The van der Waals surface area contributed by atoms with Crippen molar-refractivity contribution in [1.29, 1.82) is 0 Å². The SMILES string of the molecule is CCCCCCCCCCCCCCCCOC(=O)C1CCN(C(=O)c2ccc(F)c(F)c2)CC1. The van der Waals surface area contributed by atoms with E-state index in [2.05, 4.69) is 6.92 Å². The van der Waals surface area contributed by atoms with Crippen LogP contribution in [0.25, 0.3) is 0 Å². The number of carbonyl (C=O) groups is 2. The predicted octanol–water partition coefficient (Wildman–Crippen LogP) is 7.84. The number of piperidine rings is 1. The third-order valence-corrected chi connectivity index (χ3v) is 7.02. The van der Waals surface area contributed by atoms with E-state index >= 15 is 0 Å². The maximum atomic E-state index is 13.4. The predicted molar refractivity (Wildman–Crippen MR) is 136 cm³/mol. The van der Waals surface area contributed by atoms with Crippen LogP contribution < -0.4 is 0 Å². The van der Waals surface area contributed by atoms with E-state index in [0.29, 0.717) is 32.5 Å². The van der Waals surface area contributed by atoms with Gasteiger partial charge in [-0.3, -0.25) is 9.59 Å². The van der Waals surface area contributed by atoms with Crippen LogP contribution >= 0.6 is 0 Å². The molecule has 0 atom stereocenters. The van der Waals surface area contributed by atoms with E-state index < -0.39 is 11.6 Å². The topological polar surface area (TPSA) is 46.6 Å². The van der Waals surface area contributed by atoms with Crippen molar-refractivity contribution >= 4 is 11.9 Å². The van der Waals surface area contributed by atoms with E-state index in [9.17, 15) is 18.4 Å². The molecule has 0 N–H and O–H groups in total. The number of nitrogens with zero attached hydrogens (tertiary/aromatic N) is 1. The van der Waals surface area contributed by atoms with Crippen molar-refractivity contribution < 1.29 is 23.1 Å². The number of unbranched alkanes of at least 4 members (excludes halogenated alkanes) is 13. The zero-order valence-electron chi connectivity index (χ0n) is 21.7. The molecular weight excluding hydrogens is 448 g/mol. The van der Waals surface area contributed by atoms with Crippen LogP contribution in [0.2, 0.25) is 0 Å². The molecule has 1 heterocycles. The summed E-state index contributed by atoms with van der Waals surface area (Å²) >= 11 is 0. The highest BCUT2D eigenvalue weighted by Crippen LogP contribution is 2.21. The number of halogens is 2. The van der Waals surface area contributed by atoms with Crippen LogP contribution in [0.3, 0.4) is 0 Å². The van der Waals surface area contributed by atoms with Crippen molar-refractivity contribution in [1.82, 2.24) is 4.90 Å². The van der Waals surface area contributed by atoms with Crippen LogP contribution in [0.15, 0.2) is 18.2 Å². The number of esters is 1. The maximum absolute atomic E-state index is 13.4. The molecule has 198 valence electrons. The van der Waals surface area contributed by atoms with E-state index in [1.54, 1.807) is 4.90 Å². The summed E-state index contributed by atoms with van der Waals surface area (Å²) in [6, 6.07) is 3.18. The van der Waals surface area contributed by atoms with Crippen molar-refractivity contribution in [3.63, 3.8) is 0 Å². The molecule has 6 heteroatoms. The first kappa shape index (κ1) is 29.3. The molecule has 0 saturated carbocycles. The first-order valence-electron chi connectivity index (χ1n) is 13.9. The second-order valence-electron chi connectivity index (χ2n) is 9.96. The van der Waals surface area contributed by atoms with Crippen LogP contribution in [-0.4, -0.2) is 36.5 Å². The Morgan fingerprint density at radius 1 is 0.800 bits per heavy atom. The van der Waals surface area contributed by atoms with Gasteiger partial charge in [-0.25, -0.2) is 8.78 Å². The summed E-state index contributed by atoms with van der Waals surface area (Å²) in [5, 5.41) is 0. The minimum Gasteiger partial charge on any atom is -0.465 e. The van der Waals surface area contributed by atoms with E-state index in [4.69, 9.17) is 4.74 Å². The van der Waals surface area contributed by atoms with E-state index in [1.807, 2.05) is 0 Å². The molecule has 1 amide bonds. The zero-order valence-corrected chi connectivity index (χ0v) is 21.7. The van der Waals surface area contributed by atoms with E-state index in [1.165, 1.54) is 83.1 Å². The van der Waals surface area contributed by atoms with Gasteiger partial charge in [-0.05, 0) is 37.5 Å². The van der Waals surface area contributed by atoms with Gasteiger partial charge in [0.05, 0.1) is 12.5 Å². The van der Waals surface area contributed by atoms with Gasteiger partial charge >= 0.3 is 5.97 Å². The number of ether oxygens (including phenoxy) is 1. The number of hydrogen-bond donors (Lipinski definition) is 0. The van der Waals surface area contributed by atoms with Crippen molar-refractivity contribution in [2.24, 2.45) is 5.92 Å². The monoisotopic (exact) mass is 493 g/mol. The van der Waals surface area contributed by atoms with Gasteiger partial charge in [-0.15, -0.1) is 0 Å². The molecule has 0 aliphatic carbocycles. The molecule has 0 bridgehead atoms. The molecule has 0 radical (unpaired) electrons. The average molecular weight is 494 g/mol. The van der Waals surface area contributed by atoms with Gasteiger partial charge in [-0.2, -0.15) is 0 Å². The quantitative estimate of drug-likeness (QED) is 0.164. The normalized spacial score (nSPS) is 14.3. The fourth-order valence-corrected chi connectivity index (χ4v) is 4.72. The van der Waals surface area contributed by atoms with Crippen molar-refractivity contribution in [2.45, 2.75) is 110 Å². The summed E-state index contributed by atoms with van der Waals surface area (Å²) in [5.74, 6) is -2.71. The molecule has 2 rings (SSSR count). The molecule has 0 aromatic heterocycles. The van der Waals surface area contributed by atoms with Gasteiger partial charge in [0.25, 0.3) is 5.91 Å². The highest BCUT2D eigenvalue weighted by molar-refractivity contribution is 5.94. The van der Waals surface area contributed by atoms with Crippen LogP contribution in [-0.2, 0) is 9.53 Å². The molecule has 1 aliphatic heterocycles. The van der Waals surface area contributed by atoms with Crippen LogP contribution in [0.4, 0.5) is 8.78 Å². The standard InChI is InChI=1S/C29H45F2NO3/c1-2-3-4-5-6-7-8-9-10-11-12-13-14-15-22-35-29(34)24-18-20-32(21-19-24)28(33)25-16-17-26(30)27(31)23-25/h16-17,23-24H,2-15,18-22H2,1H3. The highest BCUT2D eigenvalue weighted by Gasteiger charge is 2.29. The lowest BCUT2D eigenvalue weighted by atomic mass is 9.96. The van der Waals surface area contributed by atoms with Crippen molar-refractivity contribution in [3.8, 4) is 0 Å². The Hall–Kier alpha value is -1.98. The maximum Gasteiger partial charge on any atom is 0.309 e. The summed E-state index contributed by atoms with van der Waals surface area (Å²) in [5.41, 5.74) is 0.128. The summed E-state index contributed by atoms with van der Waals surface area (Å²) < 4.78 is 32.0. The van der Waals surface area contributed by atoms with Crippen molar-refractivity contribution in [3.05, 3.63) is 35.4 Å². The Balaban J connectivity index is 1.44. The van der Waals surface area contributed by atoms with Crippen molar-refractivity contribution in [2.75, 3.05) is 19.7 Å². The second kappa shape index (κ2) is 17.4. The first-order valence-corrected chi connectivity index (χ1v) is 13.9. The summed E-state index contributed by atoms with van der Waals surface area (Å²) in [6.45, 7) is 3.55. The molecule has 1 aliphatic rings. The van der Waals surface area contributed by atoms with Gasteiger partial charge in [-0.1, -0.05) is 90.4 Å². The third kappa shape index (κ3) is 11.5. The van der Waals surface area contributed by atoms with Gasteiger partial charge in [0.2, 0.25) is 0 Å². The second-order valence-corrected chi connectivity index (χ2v) is 9.96. The lowest BCUT2D eigenvalue weighted by Gasteiger charge is -2.31. The van der Waals surface area contributed by atoms with Gasteiger partial charge in [0, 0.05) is 18.7 Å². The number of hydrogen-bond acceptors (Lipinski definition) is 3. The molecule has 0 unspecified atom stereocenters. The van der Waals surface area contributed by atoms with Crippen LogP contribution in [0, 0.1) is 17.6 Å². The molecule has 35 heavy (non-hydrogen) atoms. The molecule has 1 fully saturated rings. The van der Waals surface area contributed by atoms with Gasteiger partial charge < -0.3 is 9.64 Å². The fraction of sp³-hybridized carbons (Fsp3) is 0.724. The largest absolute Gasteiger partial charge is 0.465 e. The van der Waals surface area contributed by atoms with Crippen LogP contribution in [0.1, 0.15) is 120 Å². The minimum atomic E-state index is -1.03. The number of amides is 1. The van der Waals surface area contributed by atoms with E-state index in [-0.39, 0.29) is 23.4 Å². The molecule has 1 saturated heterocycles. The lowest BCUT2D eigenvalue weighted by molar-refractivity contribution is -0.150. The number of likely N-dealkylation sites (tertiary alicyclic amines) is 1. The molecule has 0 spiro atoms. The smallest absolute Gasteiger partial charge is 0.309 e. The average Bonchev–Trinajstić information content (AvgIpc) is 2.87. The number of carbonyl (C=O) groups excluding carboxylic acids is 2. The van der Waals surface area contributed by atoms with Crippen LogP contribution in [0.5, 0.6) is 0 Å². The Morgan fingerprint density at radius 3 is 1.83 bits per heavy atom. The first-order chi connectivity index (χ1) is 17.0. The van der Waals surface area contributed by atoms with Gasteiger partial charge in [0.15, 0.2) is 11.6 Å². The minimum absolute atomic E-state index is 0.128. The molecule has 1 aromatic carbocycles. The lowest BCUT2D eigenvalue weighted by Crippen LogP contribution is -2.40. The Bertz CT molecular complexity index is 747. The summed E-state index contributed by atoms with van der Waals surface area (Å²) in [7, 11) is 0. The zero-order chi connectivity index (χ0) is 25.3. The number of rotatable bonds is 17. The summed E-state index contributed by atoms with van der Waals surface area (Å²) in [4.78, 5) is 26.4. The summed E-state index contributed by atoms with van der Waals surface area (Å²) in [6.07, 6.45) is 19.2.